The van der Waals surface area contributed by atoms with Crippen molar-refractivity contribution in [1.82, 2.24) is 0 Å². The van der Waals surface area contributed by atoms with Crippen LogP contribution in [0, 0.1) is 0 Å². The van der Waals surface area contributed by atoms with E-state index in [1.54, 1.807) is 8.87 Å². The Morgan fingerprint density at radius 2 is 1.05 bits per heavy atom. The first kappa shape index (κ1) is 25.7. The molecule has 0 heterocycles. The first-order valence-electron chi connectivity index (χ1n) is 8.10. The van der Waals surface area contributed by atoms with Gasteiger partial charge in [-0.1, -0.05) is 13.8 Å². The molecule has 2 N–H and O–H groups in total. The van der Waals surface area contributed by atoms with Gasteiger partial charge in [0.1, 0.15) is 0 Å². The molecule has 0 aliphatic rings. The Bertz CT molecular complexity index is 198. The molecule has 0 fully saturated rings. The third-order valence-corrected chi connectivity index (χ3v) is 6.38. The van der Waals surface area contributed by atoms with Crippen LogP contribution in [0.4, 0.5) is 0 Å². The van der Waals surface area contributed by atoms with Crippen molar-refractivity contribution in [2.75, 3.05) is 0 Å². The van der Waals surface area contributed by atoms with E-state index >= 15 is 0 Å². The average Bonchev–Trinajstić information content (AvgIpc) is 2.40. The minimum absolute atomic E-state index is 0.149. The van der Waals surface area contributed by atoms with Gasteiger partial charge in [0.25, 0.3) is 0 Å². The van der Waals surface area contributed by atoms with Crippen LogP contribution in [-0.4, -0.2) is 43.3 Å². The van der Waals surface area contributed by atoms with Crippen molar-refractivity contribution in [3.63, 3.8) is 0 Å². The van der Waals surface area contributed by atoms with Gasteiger partial charge in [-0.05, 0) is 12.8 Å². The first-order valence-corrected chi connectivity index (χ1v) is 12.1. The standard InChI is InChI=1S/2C4H8O2.2C4H9.Sn/c2*1-2-3-4(5)6;2*1-3-4-2;/h2*2-3H2,1H3,(H,5,6);2*1,3-4H2,2H3;. The minimum atomic E-state index is -0.711. The Labute approximate surface area is 140 Å². The number of unbranched alkanes of at least 4 members (excludes halogenated alkanes) is 2. The summed E-state index contributed by atoms with van der Waals surface area (Å²) in [5, 5.41) is 15.8. The van der Waals surface area contributed by atoms with E-state index in [9.17, 15) is 9.59 Å². The Kier molecular flexibility index (Phi) is 30.2. The zero-order valence-electron chi connectivity index (χ0n) is 14.3. The second kappa shape index (κ2) is 24.7. The van der Waals surface area contributed by atoms with Crippen molar-refractivity contribution in [2.45, 2.75) is 87.9 Å². The molecule has 21 heavy (non-hydrogen) atoms. The molecule has 2 radical (unpaired) electrons. The van der Waals surface area contributed by atoms with Crippen molar-refractivity contribution in [1.29, 1.82) is 0 Å². The van der Waals surface area contributed by atoms with E-state index < -0.39 is 11.9 Å². The van der Waals surface area contributed by atoms with Gasteiger partial charge in [-0.3, -0.25) is 9.59 Å². The van der Waals surface area contributed by atoms with Crippen LogP contribution in [-0.2, 0) is 9.59 Å². The summed E-state index contributed by atoms with van der Waals surface area (Å²) in [6.07, 6.45) is 7.89. The number of hydrogen-bond acceptors (Lipinski definition) is 2. The molecule has 0 bridgehead atoms. The van der Waals surface area contributed by atoms with Crippen LogP contribution >= 0.6 is 0 Å². The SMILES string of the molecule is CCCC(=O)O.CCCC(=O)O.CCC[CH2][Sn][CH2]CCC. The van der Waals surface area contributed by atoms with Crippen LogP contribution in [0.25, 0.3) is 0 Å². The van der Waals surface area contributed by atoms with Crippen LogP contribution in [0.15, 0.2) is 0 Å². The Morgan fingerprint density at radius 3 is 1.19 bits per heavy atom. The molecule has 0 atom stereocenters. The Morgan fingerprint density at radius 1 is 0.714 bits per heavy atom. The summed E-state index contributed by atoms with van der Waals surface area (Å²) in [7, 11) is 0. The summed E-state index contributed by atoms with van der Waals surface area (Å²) in [6, 6.07) is 0. The average molecular weight is 409 g/mol. The summed E-state index contributed by atoms with van der Waals surface area (Å²) < 4.78 is 3.25. The molecule has 0 aromatic heterocycles. The number of rotatable bonds is 10. The van der Waals surface area contributed by atoms with E-state index in [4.69, 9.17) is 10.2 Å². The zero-order valence-corrected chi connectivity index (χ0v) is 17.1. The van der Waals surface area contributed by atoms with Crippen molar-refractivity contribution in [2.24, 2.45) is 0 Å². The summed E-state index contributed by atoms with van der Waals surface area (Å²) >= 11 is 0.149. The summed E-state index contributed by atoms with van der Waals surface area (Å²) in [5.41, 5.74) is 0. The van der Waals surface area contributed by atoms with E-state index in [0.29, 0.717) is 12.8 Å². The molecule has 0 saturated heterocycles. The molecule has 0 aliphatic heterocycles. The van der Waals surface area contributed by atoms with Gasteiger partial charge in [0.05, 0.1) is 0 Å². The van der Waals surface area contributed by atoms with Gasteiger partial charge in [-0.15, -0.1) is 0 Å². The molecule has 5 heteroatoms. The number of carboxylic acid groups (broad SMARTS) is 2. The van der Waals surface area contributed by atoms with E-state index in [0.717, 1.165) is 12.8 Å². The molecule has 4 nitrogen and oxygen atoms in total. The molecule has 126 valence electrons. The van der Waals surface area contributed by atoms with Gasteiger partial charge in [0.2, 0.25) is 0 Å². The van der Waals surface area contributed by atoms with Gasteiger partial charge in [-0.2, -0.15) is 0 Å². The molecule has 0 aromatic rings. The second-order valence-corrected chi connectivity index (χ2v) is 9.03. The normalized spacial score (nSPS) is 8.95. The van der Waals surface area contributed by atoms with Gasteiger partial charge in [0.15, 0.2) is 0 Å². The van der Waals surface area contributed by atoms with E-state index in [2.05, 4.69) is 13.8 Å². The number of hydrogen-bond donors (Lipinski definition) is 2. The van der Waals surface area contributed by atoms with Crippen LogP contribution in [0.3, 0.4) is 0 Å². The topological polar surface area (TPSA) is 74.6 Å². The Hall–Kier alpha value is -0.261. The van der Waals surface area contributed by atoms with Crippen LogP contribution < -0.4 is 0 Å². The van der Waals surface area contributed by atoms with Crippen molar-refractivity contribution in [3.8, 4) is 0 Å². The molecular formula is C16H34O4Sn. The van der Waals surface area contributed by atoms with Crippen molar-refractivity contribution in [3.05, 3.63) is 0 Å². The predicted octanol–water partition coefficient (Wildman–Crippen LogP) is 4.87. The fourth-order valence-corrected chi connectivity index (χ4v) is 5.32. The van der Waals surface area contributed by atoms with Gasteiger partial charge >= 0.3 is 81.5 Å². The van der Waals surface area contributed by atoms with Gasteiger partial charge < -0.3 is 10.2 Å². The van der Waals surface area contributed by atoms with Crippen molar-refractivity contribution < 1.29 is 19.8 Å². The third kappa shape index (κ3) is 45.1. The molecule has 0 rings (SSSR count). The fourth-order valence-electron chi connectivity index (χ4n) is 1.16. The van der Waals surface area contributed by atoms with Gasteiger partial charge in [0, 0.05) is 12.8 Å². The Balaban J connectivity index is -0.000000240. The van der Waals surface area contributed by atoms with Crippen molar-refractivity contribution >= 4 is 33.1 Å². The number of carboxylic acids is 2. The molecule has 0 amide bonds. The third-order valence-electron chi connectivity index (χ3n) is 2.34. The molecule has 0 aliphatic carbocycles. The van der Waals surface area contributed by atoms with E-state index in [1.165, 1.54) is 25.7 Å². The second-order valence-electron chi connectivity index (χ2n) is 4.74. The van der Waals surface area contributed by atoms with Crippen LogP contribution in [0.1, 0.15) is 79.1 Å². The molecular weight excluding hydrogens is 375 g/mol. The van der Waals surface area contributed by atoms with Gasteiger partial charge in [-0.25, -0.2) is 0 Å². The first-order chi connectivity index (χ1) is 9.95. The molecule has 0 unspecified atom stereocenters. The summed E-state index contributed by atoms with van der Waals surface area (Å²) in [6.45, 7) is 8.26. The predicted molar refractivity (Wildman–Crippen MR) is 90.3 cm³/mol. The molecule has 0 aromatic carbocycles. The monoisotopic (exact) mass is 410 g/mol. The van der Waals surface area contributed by atoms with Crippen LogP contribution in [0.5, 0.6) is 0 Å². The van der Waals surface area contributed by atoms with E-state index in [1.807, 2.05) is 13.8 Å². The molecule has 0 saturated carbocycles. The maximum absolute atomic E-state index is 9.60. The number of aliphatic carboxylic acids is 2. The van der Waals surface area contributed by atoms with E-state index in [-0.39, 0.29) is 21.1 Å². The molecule has 0 spiro atoms. The summed E-state index contributed by atoms with van der Waals surface area (Å²) in [4.78, 5) is 19.2. The number of carbonyl (C=O) groups is 2. The van der Waals surface area contributed by atoms with Crippen LogP contribution in [0.2, 0.25) is 8.87 Å². The maximum atomic E-state index is 9.60. The quantitative estimate of drug-likeness (QED) is 0.399. The summed E-state index contributed by atoms with van der Waals surface area (Å²) in [5.74, 6) is -1.42. The fraction of sp³-hybridized carbons (Fsp3) is 0.875. The zero-order chi connectivity index (χ0) is 16.9.